The van der Waals surface area contributed by atoms with Gasteiger partial charge in [0, 0.05) is 0 Å². The van der Waals surface area contributed by atoms with Crippen molar-refractivity contribution < 1.29 is 27.2 Å². The molecule has 0 aliphatic rings. The van der Waals surface area contributed by atoms with Crippen LogP contribution in [0.25, 0.3) is 0 Å². The predicted molar refractivity (Wildman–Crippen MR) is 75.8 cm³/mol. The highest BCUT2D eigenvalue weighted by atomic mass is 31.2. The first-order chi connectivity index (χ1) is 8.95. The fraction of sp³-hybridized carbons (Fsp3) is 1.00. The maximum absolute atomic E-state index is 12.5. The second-order valence-corrected chi connectivity index (χ2v) is 8.47. The summed E-state index contributed by atoms with van der Waals surface area (Å²) in [5, 5.41) is 0. The van der Waals surface area contributed by atoms with Gasteiger partial charge < -0.3 is 18.1 Å². The van der Waals surface area contributed by atoms with Crippen molar-refractivity contribution in [3.05, 3.63) is 0 Å². The van der Waals surface area contributed by atoms with Crippen LogP contribution in [-0.2, 0) is 27.2 Å². The number of hydrogen-bond donors (Lipinski definition) is 0. The van der Waals surface area contributed by atoms with Crippen LogP contribution in [0.3, 0.4) is 0 Å². The molecule has 0 spiro atoms. The minimum absolute atomic E-state index is 0.221. The molecule has 0 aromatic rings. The second-order valence-electron chi connectivity index (χ2n) is 3.87. The monoisotopic (exact) mass is 316 g/mol. The van der Waals surface area contributed by atoms with Crippen LogP contribution in [0.15, 0.2) is 0 Å². The van der Waals surface area contributed by atoms with Gasteiger partial charge in [0.2, 0.25) is 0 Å². The molecule has 0 rings (SSSR count). The van der Waals surface area contributed by atoms with Crippen molar-refractivity contribution in [1.29, 1.82) is 0 Å². The van der Waals surface area contributed by atoms with Gasteiger partial charge in [-0.3, -0.25) is 9.13 Å². The van der Waals surface area contributed by atoms with E-state index in [1.165, 1.54) is 0 Å². The fourth-order valence-electron chi connectivity index (χ4n) is 1.30. The van der Waals surface area contributed by atoms with Gasteiger partial charge in [-0.25, -0.2) is 0 Å². The van der Waals surface area contributed by atoms with Crippen molar-refractivity contribution in [1.82, 2.24) is 0 Å². The first-order valence-corrected chi connectivity index (χ1v) is 10.2. The highest BCUT2D eigenvalue weighted by Crippen LogP contribution is 2.64. The summed E-state index contributed by atoms with van der Waals surface area (Å²) in [4.78, 5) is 0. The molecule has 6 nitrogen and oxygen atoms in total. The lowest BCUT2D eigenvalue weighted by Crippen LogP contribution is -2.06. The molecular weight excluding hydrogens is 290 g/mol. The van der Waals surface area contributed by atoms with Gasteiger partial charge in [-0.2, -0.15) is 0 Å². The molecule has 0 aromatic heterocycles. The van der Waals surface area contributed by atoms with Gasteiger partial charge >= 0.3 is 15.2 Å². The van der Waals surface area contributed by atoms with Crippen molar-refractivity contribution in [2.24, 2.45) is 0 Å². The lowest BCUT2D eigenvalue weighted by Gasteiger charge is -2.23. The van der Waals surface area contributed by atoms with E-state index in [9.17, 15) is 9.13 Å². The van der Waals surface area contributed by atoms with Gasteiger partial charge in [0.05, 0.1) is 26.4 Å². The maximum Gasteiger partial charge on any atom is 0.342 e. The number of rotatable bonds is 12. The van der Waals surface area contributed by atoms with Crippen LogP contribution in [0, 0.1) is 0 Å². The van der Waals surface area contributed by atoms with E-state index < -0.39 is 15.2 Å². The molecule has 0 aliphatic carbocycles. The molecule has 0 aliphatic heterocycles. The van der Waals surface area contributed by atoms with E-state index in [-0.39, 0.29) is 19.1 Å². The Balaban J connectivity index is 4.83. The summed E-state index contributed by atoms with van der Waals surface area (Å²) in [5.74, 6) is -0.332. The topological polar surface area (TPSA) is 71.1 Å². The average molecular weight is 316 g/mol. The van der Waals surface area contributed by atoms with E-state index in [1.54, 1.807) is 13.8 Å². The fourth-order valence-corrected chi connectivity index (χ4v) is 6.16. The van der Waals surface area contributed by atoms with E-state index in [4.69, 9.17) is 18.1 Å². The summed E-state index contributed by atoms with van der Waals surface area (Å²) < 4.78 is 45.7. The van der Waals surface area contributed by atoms with Crippen LogP contribution in [0.5, 0.6) is 0 Å². The van der Waals surface area contributed by atoms with Gasteiger partial charge in [-0.1, -0.05) is 13.8 Å². The Morgan fingerprint density at radius 3 is 1.37 bits per heavy atom. The minimum Gasteiger partial charge on any atom is -0.308 e. The lowest BCUT2D eigenvalue weighted by atomic mass is 10.5. The normalized spacial score (nSPS) is 12.8. The van der Waals surface area contributed by atoms with E-state index >= 15 is 0 Å². The maximum atomic E-state index is 12.5. The Labute approximate surface area is 116 Å². The van der Waals surface area contributed by atoms with E-state index in [1.807, 2.05) is 13.8 Å². The van der Waals surface area contributed by atoms with Gasteiger partial charge in [-0.05, 0) is 26.7 Å². The molecule has 0 unspecified atom stereocenters. The molecule has 19 heavy (non-hydrogen) atoms. The lowest BCUT2D eigenvalue weighted by molar-refractivity contribution is 0.197. The summed E-state index contributed by atoms with van der Waals surface area (Å²) >= 11 is 0. The zero-order chi connectivity index (χ0) is 14.8. The highest BCUT2D eigenvalue weighted by molar-refractivity contribution is 7.71. The molecule has 0 saturated carbocycles. The quantitative estimate of drug-likeness (QED) is 0.501. The Kier molecular flexibility index (Phi) is 10.2. The molecular formula is C11H26O6P2. The third-order valence-corrected chi connectivity index (χ3v) is 7.21. The van der Waals surface area contributed by atoms with Crippen LogP contribution in [0.1, 0.15) is 40.5 Å². The van der Waals surface area contributed by atoms with E-state index in [0.29, 0.717) is 26.1 Å². The predicted octanol–water partition coefficient (Wildman–Crippen LogP) is 4.26. The molecule has 0 aromatic carbocycles. The summed E-state index contributed by atoms with van der Waals surface area (Å²) in [6, 6.07) is 0. The third kappa shape index (κ3) is 8.23. The standard InChI is InChI=1S/C11H26O6P2/c1-5-9-16-19(13,17-10-6-2)11-18(12,14-7-3)15-8-4/h5-11H2,1-4H3. The molecule has 8 heteroatoms. The van der Waals surface area contributed by atoms with Crippen molar-refractivity contribution >= 4 is 15.2 Å². The van der Waals surface area contributed by atoms with Crippen molar-refractivity contribution in [3.8, 4) is 0 Å². The number of hydrogen-bond acceptors (Lipinski definition) is 6. The molecule has 0 atom stereocenters. The smallest absolute Gasteiger partial charge is 0.308 e. The van der Waals surface area contributed by atoms with E-state index in [0.717, 1.165) is 0 Å². The molecule has 0 bridgehead atoms. The largest absolute Gasteiger partial charge is 0.342 e. The SMILES string of the molecule is CCCOP(=O)(CP(=O)(OCC)OCC)OCCC. The molecule has 0 N–H and O–H groups in total. The van der Waals surface area contributed by atoms with Crippen molar-refractivity contribution in [3.63, 3.8) is 0 Å². The van der Waals surface area contributed by atoms with E-state index in [2.05, 4.69) is 0 Å². The van der Waals surface area contributed by atoms with Gasteiger partial charge in [-0.15, -0.1) is 0 Å². The molecule has 0 heterocycles. The Bertz CT molecular complexity index is 298. The van der Waals surface area contributed by atoms with Gasteiger partial charge in [0.25, 0.3) is 0 Å². The van der Waals surface area contributed by atoms with Crippen LogP contribution in [0.2, 0.25) is 0 Å². The minimum atomic E-state index is -3.45. The molecule has 0 radical (unpaired) electrons. The molecule has 0 saturated heterocycles. The van der Waals surface area contributed by atoms with Crippen molar-refractivity contribution in [2.75, 3.05) is 32.3 Å². The zero-order valence-electron chi connectivity index (χ0n) is 12.3. The molecule has 116 valence electrons. The first kappa shape index (κ1) is 19.3. The zero-order valence-corrected chi connectivity index (χ0v) is 14.1. The van der Waals surface area contributed by atoms with Crippen LogP contribution in [0.4, 0.5) is 0 Å². The van der Waals surface area contributed by atoms with Crippen LogP contribution in [-0.4, -0.2) is 32.3 Å². The summed E-state index contributed by atoms with van der Waals surface area (Å²) in [6.45, 7) is 8.23. The van der Waals surface area contributed by atoms with Gasteiger partial charge in [0.1, 0.15) is 0 Å². The van der Waals surface area contributed by atoms with Gasteiger partial charge in [0.15, 0.2) is 5.90 Å². The highest BCUT2D eigenvalue weighted by Gasteiger charge is 2.38. The summed E-state index contributed by atoms with van der Waals surface area (Å²) in [6.07, 6.45) is 1.40. The third-order valence-electron chi connectivity index (χ3n) is 1.98. The van der Waals surface area contributed by atoms with Crippen LogP contribution >= 0.6 is 15.2 Å². The average Bonchev–Trinajstić information content (AvgIpc) is 2.34. The Hall–Kier alpha value is 0.300. The van der Waals surface area contributed by atoms with Crippen LogP contribution < -0.4 is 0 Å². The summed E-state index contributed by atoms with van der Waals surface area (Å²) in [7, 11) is -6.88. The second kappa shape index (κ2) is 10.1. The molecule has 0 amide bonds. The Morgan fingerprint density at radius 1 is 0.684 bits per heavy atom. The molecule has 0 fully saturated rings. The first-order valence-electron chi connectivity index (χ1n) is 6.71. The van der Waals surface area contributed by atoms with Crippen molar-refractivity contribution in [2.45, 2.75) is 40.5 Å². The Morgan fingerprint density at radius 2 is 1.05 bits per heavy atom. The summed E-state index contributed by atoms with van der Waals surface area (Å²) in [5.41, 5.74) is 0.